The predicted molar refractivity (Wildman–Crippen MR) is 67.7 cm³/mol. The summed E-state index contributed by atoms with van der Waals surface area (Å²) in [5, 5.41) is 32.5. The zero-order valence-corrected chi connectivity index (χ0v) is 11.3. The fraction of sp³-hybridized carbons (Fsp3) is 0.417. The van der Waals surface area contributed by atoms with Crippen molar-refractivity contribution < 1.29 is 33.1 Å². The van der Waals surface area contributed by atoms with Crippen molar-refractivity contribution in [3.63, 3.8) is 0 Å². The third-order valence-electron chi connectivity index (χ3n) is 2.80. The monoisotopic (exact) mass is 322 g/mol. The number of carbonyl (C=O) groups is 1. The van der Waals surface area contributed by atoms with Crippen LogP contribution in [0.2, 0.25) is 0 Å². The Morgan fingerprint density at radius 3 is 2.45 bits per heavy atom. The molecule has 0 aliphatic rings. The van der Waals surface area contributed by atoms with E-state index in [1.165, 1.54) is 0 Å². The zero-order valence-electron chi connectivity index (χ0n) is 11.3. The molecule has 1 amide bonds. The second-order valence-electron chi connectivity index (χ2n) is 4.48. The highest BCUT2D eigenvalue weighted by molar-refractivity contribution is 5.72. The van der Waals surface area contributed by atoms with Gasteiger partial charge in [0.25, 0.3) is 5.69 Å². The molecule has 0 aromatic heterocycles. The molecule has 0 heterocycles. The molecule has 0 spiro atoms. The topological polar surface area (TPSA) is 113 Å². The van der Waals surface area contributed by atoms with E-state index in [9.17, 15) is 38.3 Å². The smallest absolute Gasteiger partial charge is 0.388 e. The Hall–Kier alpha value is -2.20. The summed E-state index contributed by atoms with van der Waals surface area (Å²) in [5.41, 5.74) is -2.69. The van der Waals surface area contributed by atoms with Crippen molar-refractivity contribution in [2.24, 2.45) is 0 Å². The van der Waals surface area contributed by atoms with Crippen LogP contribution < -0.4 is 5.32 Å². The molecule has 3 N–H and O–H groups in total. The number of alkyl halides is 3. The van der Waals surface area contributed by atoms with Gasteiger partial charge in [0.15, 0.2) is 0 Å². The van der Waals surface area contributed by atoms with Gasteiger partial charge in [-0.25, -0.2) is 0 Å². The van der Waals surface area contributed by atoms with E-state index < -0.39 is 52.6 Å². The summed E-state index contributed by atoms with van der Waals surface area (Å²) in [6.45, 7) is 0.744. The van der Waals surface area contributed by atoms with Gasteiger partial charge in [0.05, 0.1) is 16.1 Å². The van der Waals surface area contributed by atoms with Gasteiger partial charge in [-0.05, 0) is 12.1 Å². The molecule has 1 aromatic rings. The number of halogens is 3. The summed E-state index contributed by atoms with van der Waals surface area (Å²) in [6.07, 6.45) is -8.21. The number of carbonyl (C=O) groups excluding carboxylic acids is 1. The van der Waals surface area contributed by atoms with Crippen molar-refractivity contribution in [2.45, 2.75) is 25.3 Å². The number of benzene rings is 1. The minimum Gasteiger partial charge on any atom is -0.388 e. The Labute approximate surface area is 122 Å². The maximum Gasteiger partial charge on any atom is 0.416 e. The molecule has 22 heavy (non-hydrogen) atoms. The fourth-order valence-electron chi connectivity index (χ4n) is 1.70. The molecule has 7 nitrogen and oxygen atoms in total. The van der Waals surface area contributed by atoms with E-state index in [0.29, 0.717) is 6.07 Å². The number of nitrogens with zero attached hydrogens (tertiary/aromatic N) is 1. The Bertz CT molecular complexity index is 576. The lowest BCUT2D eigenvalue weighted by atomic mass is 10.00. The van der Waals surface area contributed by atoms with E-state index >= 15 is 0 Å². The largest absolute Gasteiger partial charge is 0.416 e. The Morgan fingerprint density at radius 1 is 1.41 bits per heavy atom. The summed E-state index contributed by atoms with van der Waals surface area (Å²) in [5.74, 6) is -0.506. The van der Waals surface area contributed by atoms with Crippen LogP contribution in [0.25, 0.3) is 0 Å². The number of amides is 1. The average molecular weight is 322 g/mol. The van der Waals surface area contributed by atoms with E-state index in [2.05, 4.69) is 5.32 Å². The number of aliphatic hydroxyl groups is 2. The van der Waals surface area contributed by atoms with Gasteiger partial charge in [0.2, 0.25) is 5.91 Å². The van der Waals surface area contributed by atoms with Crippen LogP contribution in [-0.2, 0) is 11.0 Å². The molecule has 10 heteroatoms. The number of hydrogen-bond acceptors (Lipinski definition) is 5. The van der Waals surface area contributed by atoms with Crippen LogP contribution in [0.5, 0.6) is 0 Å². The summed E-state index contributed by atoms with van der Waals surface area (Å²) >= 11 is 0. The van der Waals surface area contributed by atoms with Crippen molar-refractivity contribution >= 4 is 11.6 Å². The van der Waals surface area contributed by atoms with Crippen LogP contribution in [0.1, 0.15) is 24.2 Å². The van der Waals surface area contributed by atoms with Gasteiger partial charge in [-0.2, -0.15) is 13.2 Å². The minimum absolute atomic E-state index is 0.281. The fourth-order valence-corrected chi connectivity index (χ4v) is 1.70. The lowest BCUT2D eigenvalue weighted by molar-refractivity contribution is -0.386. The van der Waals surface area contributed by atoms with Gasteiger partial charge in [-0.1, -0.05) is 0 Å². The van der Waals surface area contributed by atoms with Crippen LogP contribution in [0.4, 0.5) is 18.9 Å². The third kappa shape index (κ3) is 4.40. The number of nitro groups is 1. The van der Waals surface area contributed by atoms with E-state index in [0.717, 1.165) is 13.0 Å². The van der Waals surface area contributed by atoms with Gasteiger partial charge in [-0.3, -0.25) is 14.9 Å². The van der Waals surface area contributed by atoms with Gasteiger partial charge < -0.3 is 15.5 Å². The average Bonchev–Trinajstić information content (AvgIpc) is 2.42. The molecule has 0 fully saturated rings. The highest BCUT2D eigenvalue weighted by Crippen LogP contribution is 2.35. The van der Waals surface area contributed by atoms with Crippen LogP contribution >= 0.6 is 0 Å². The molecule has 0 saturated carbocycles. The molecule has 0 aliphatic heterocycles. The number of nitrogens with one attached hydrogen (secondary N) is 1. The summed E-state index contributed by atoms with van der Waals surface area (Å²) < 4.78 is 37.7. The second kappa shape index (κ2) is 6.71. The van der Waals surface area contributed by atoms with Crippen molar-refractivity contribution in [3.8, 4) is 0 Å². The predicted octanol–water partition coefficient (Wildman–Crippen LogP) is 1.14. The summed E-state index contributed by atoms with van der Waals surface area (Å²) in [6, 6.07) is 1.57. The number of hydrogen-bond donors (Lipinski definition) is 3. The maximum absolute atomic E-state index is 12.6. The van der Waals surface area contributed by atoms with Gasteiger partial charge >= 0.3 is 6.18 Å². The lowest BCUT2D eigenvalue weighted by Crippen LogP contribution is -2.34. The first-order valence-electron chi connectivity index (χ1n) is 6.00. The standard InChI is InChI=1S/C12H13F3N2O5/c1-6(18)16-5-10(19)11(20)8-3-2-7(12(13,14)15)4-9(8)17(21)22/h2-4,10-11,19-20H,5H2,1H3,(H,16,18). The van der Waals surface area contributed by atoms with Crippen molar-refractivity contribution in [3.05, 3.63) is 39.4 Å². The Balaban J connectivity index is 3.12. The zero-order chi connectivity index (χ0) is 17.1. The third-order valence-corrected chi connectivity index (χ3v) is 2.80. The van der Waals surface area contributed by atoms with E-state index in [4.69, 9.17) is 0 Å². The quantitative estimate of drug-likeness (QED) is 0.556. The minimum atomic E-state index is -4.77. The van der Waals surface area contributed by atoms with Crippen molar-refractivity contribution in [1.82, 2.24) is 5.32 Å². The van der Waals surface area contributed by atoms with E-state index in [-0.39, 0.29) is 6.07 Å². The van der Waals surface area contributed by atoms with Crippen LogP contribution in [0, 0.1) is 10.1 Å². The Kier molecular flexibility index (Phi) is 5.44. The van der Waals surface area contributed by atoms with Crippen molar-refractivity contribution in [2.75, 3.05) is 6.54 Å². The van der Waals surface area contributed by atoms with Crippen LogP contribution in [0.15, 0.2) is 18.2 Å². The van der Waals surface area contributed by atoms with Gasteiger partial charge in [0.1, 0.15) is 12.2 Å². The molecule has 2 unspecified atom stereocenters. The lowest BCUT2D eigenvalue weighted by Gasteiger charge is -2.19. The molecule has 0 radical (unpaired) electrons. The highest BCUT2D eigenvalue weighted by atomic mass is 19.4. The van der Waals surface area contributed by atoms with E-state index in [1.54, 1.807) is 0 Å². The van der Waals surface area contributed by atoms with Crippen LogP contribution in [-0.4, -0.2) is 33.7 Å². The number of nitro benzene ring substituents is 1. The first kappa shape index (κ1) is 17.9. The molecular formula is C12H13F3N2O5. The first-order chi connectivity index (χ1) is 10.0. The molecule has 0 saturated heterocycles. The molecule has 0 aliphatic carbocycles. The number of aliphatic hydroxyl groups excluding tert-OH is 2. The summed E-state index contributed by atoms with van der Waals surface area (Å²) in [4.78, 5) is 20.5. The van der Waals surface area contributed by atoms with Gasteiger partial charge in [0, 0.05) is 19.5 Å². The summed E-state index contributed by atoms with van der Waals surface area (Å²) in [7, 11) is 0. The Morgan fingerprint density at radius 2 is 2.00 bits per heavy atom. The highest BCUT2D eigenvalue weighted by Gasteiger charge is 2.35. The molecule has 2 atom stereocenters. The maximum atomic E-state index is 12.6. The molecule has 1 aromatic carbocycles. The molecule has 0 bridgehead atoms. The van der Waals surface area contributed by atoms with Gasteiger partial charge in [-0.15, -0.1) is 0 Å². The van der Waals surface area contributed by atoms with Crippen molar-refractivity contribution in [1.29, 1.82) is 0 Å². The van der Waals surface area contributed by atoms with E-state index in [1.807, 2.05) is 0 Å². The molecule has 1 rings (SSSR count). The molecule has 122 valence electrons. The first-order valence-corrected chi connectivity index (χ1v) is 6.00. The number of rotatable bonds is 5. The normalized spacial score (nSPS) is 14.3. The molecular weight excluding hydrogens is 309 g/mol. The van der Waals surface area contributed by atoms with Crippen LogP contribution in [0.3, 0.4) is 0 Å². The second-order valence-corrected chi connectivity index (χ2v) is 4.48. The SMILES string of the molecule is CC(=O)NCC(O)C(O)c1ccc(C(F)(F)F)cc1[N+](=O)[O-].